The standard InChI is InChI=1S/C18H14N2O2S/c21-23(22,17-8-2-1-3-9-17)18(16-7-5-11-20-14-16)12-15-6-4-10-19-13-15/h1-14H/b18-12-. The molecule has 0 N–H and O–H groups in total. The number of pyridine rings is 2. The van der Waals surface area contributed by atoms with Gasteiger partial charge in [0.2, 0.25) is 9.84 Å². The highest BCUT2D eigenvalue weighted by molar-refractivity contribution is 8.00. The topological polar surface area (TPSA) is 59.9 Å². The molecule has 2 heterocycles. The molecule has 0 spiro atoms. The number of aromatic nitrogens is 2. The molecule has 0 radical (unpaired) electrons. The van der Waals surface area contributed by atoms with Crippen molar-refractivity contribution in [3.8, 4) is 0 Å². The largest absolute Gasteiger partial charge is 0.264 e. The van der Waals surface area contributed by atoms with Crippen molar-refractivity contribution in [2.75, 3.05) is 0 Å². The Balaban J connectivity index is 2.19. The summed E-state index contributed by atoms with van der Waals surface area (Å²) < 4.78 is 26.0. The van der Waals surface area contributed by atoms with Gasteiger partial charge in [-0.15, -0.1) is 0 Å². The lowest BCUT2D eigenvalue weighted by atomic mass is 10.2. The van der Waals surface area contributed by atoms with E-state index in [9.17, 15) is 8.42 Å². The molecule has 5 heteroatoms. The van der Waals surface area contributed by atoms with Crippen LogP contribution < -0.4 is 0 Å². The van der Waals surface area contributed by atoms with Crippen LogP contribution in [-0.4, -0.2) is 18.4 Å². The Morgan fingerprint density at radius 3 is 2.13 bits per heavy atom. The van der Waals surface area contributed by atoms with Crippen molar-refractivity contribution in [1.82, 2.24) is 9.97 Å². The molecule has 3 rings (SSSR count). The quantitative estimate of drug-likeness (QED) is 0.738. The van der Waals surface area contributed by atoms with Gasteiger partial charge in [-0.3, -0.25) is 9.97 Å². The van der Waals surface area contributed by atoms with Crippen LogP contribution in [0.25, 0.3) is 11.0 Å². The predicted octanol–water partition coefficient (Wildman–Crippen LogP) is 3.45. The average molecular weight is 322 g/mol. The smallest absolute Gasteiger partial charge is 0.207 e. The van der Waals surface area contributed by atoms with E-state index < -0.39 is 9.84 Å². The predicted molar refractivity (Wildman–Crippen MR) is 90.0 cm³/mol. The first-order valence-electron chi connectivity index (χ1n) is 7.00. The van der Waals surface area contributed by atoms with E-state index in [1.165, 1.54) is 0 Å². The van der Waals surface area contributed by atoms with Gasteiger partial charge in [0.25, 0.3) is 0 Å². The molecule has 2 aromatic heterocycles. The number of sulfone groups is 1. The Kier molecular flexibility index (Phi) is 4.30. The van der Waals surface area contributed by atoms with Gasteiger partial charge in [0, 0.05) is 30.4 Å². The second kappa shape index (κ2) is 6.54. The number of hydrogen-bond acceptors (Lipinski definition) is 4. The van der Waals surface area contributed by atoms with E-state index in [4.69, 9.17) is 0 Å². The Labute approximate surface area is 135 Å². The molecule has 23 heavy (non-hydrogen) atoms. The zero-order valence-electron chi connectivity index (χ0n) is 12.2. The third kappa shape index (κ3) is 3.35. The lowest BCUT2D eigenvalue weighted by molar-refractivity contribution is 0.606. The van der Waals surface area contributed by atoms with Crippen molar-refractivity contribution >= 4 is 20.8 Å². The van der Waals surface area contributed by atoms with Gasteiger partial charge in [0.15, 0.2) is 0 Å². The molecule has 1 aromatic carbocycles. The van der Waals surface area contributed by atoms with Crippen molar-refractivity contribution in [3.05, 3.63) is 90.5 Å². The van der Waals surface area contributed by atoms with Crippen molar-refractivity contribution < 1.29 is 8.42 Å². The molecule has 0 aliphatic carbocycles. The van der Waals surface area contributed by atoms with Gasteiger partial charge in [0.1, 0.15) is 0 Å². The summed E-state index contributed by atoms with van der Waals surface area (Å²) in [5.41, 5.74) is 1.26. The molecule has 114 valence electrons. The van der Waals surface area contributed by atoms with Crippen LogP contribution in [0.2, 0.25) is 0 Å². The summed E-state index contributed by atoms with van der Waals surface area (Å²) in [5.74, 6) is 0. The molecular weight excluding hydrogens is 308 g/mol. The van der Waals surface area contributed by atoms with Gasteiger partial charge < -0.3 is 0 Å². The molecular formula is C18H14N2O2S. The third-order valence-corrected chi connectivity index (χ3v) is 5.10. The summed E-state index contributed by atoms with van der Waals surface area (Å²) in [6.07, 6.45) is 8.04. The Morgan fingerprint density at radius 1 is 0.826 bits per heavy atom. The molecule has 0 aliphatic rings. The summed E-state index contributed by atoms with van der Waals surface area (Å²) in [6.45, 7) is 0. The maximum Gasteiger partial charge on any atom is 0.207 e. The summed E-state index contributed by atoms with van der Waals surface area (Å²) in [4.78, 5) is 8.51. The van der Waals surface area contributed by atoms with E-state index in [1.807, 2.05) is 6.07 Å². The summed E-state index contributed by atoms with van der Waals surface area (Å²) >= 11 is 0. The Hall–Kier alpha value is -2.79. The zero-order valence-corrected chi connectivity index (χ0v) is 13.0. The van der Waals surface area contributed by atoms with Crippen LogP contribution in [0.5, 0.6) is 0 Å². The van der Waals surface area contributed by atoms with Gasteiger partial charge in [-0.25, -0.2) is 8.42 Å². The fourth-order valence-corrected chi connectivity index (χ4v) is 3.66. The third-order valence-electron chi connectivity index (χ3n) is 3.27. The Bertz CT molecular complexity index is 907. The van der Waals surface area contributed by atoms with Crippen LogP contribution in [0.15, 0.2) is 84.3 Å². The van der Waals surface area contributed by atoms with Crippen molar-refractivity contribution in [3.63, 3.8) is 0 Å². The zero-order chi connectivity index (χ0) is 16.1. The lowest BCUT2D eigenvalue weighted by Gasteiger charge is -2.09. The molecule has 3 aromatic rings. The Morgan fingerprint density at radius 2 is 1.52 bits per heavy atom. The molecule has 0 unspecified atom stereocenters. The molecule has 0 saturated carbocycles. The minimum absolute atomic E-state index is 0.199. The highest BCUT2D eigenvalue weighted by Crippen LogP contribution is 2.29. The van der Waals surface area contributed by atoms with Gasteiger partial charge in [-0.1, -0.05) is 30.3 Å². The fourth-order valence-electron chi connectivity index (χ4n) is 2.16. The normalized spacial score (nSPS) is 12.1. The van der Waals surface area contributed by atoms with E-state index in [-0.39, 0.29) is 9.80 Å². The maximum absolute atomic E-state index is 13.0. The van der Waals surface area contributed by atoms with Gasteiger partial charge in [-0.05, 0) is 35.9 Å². The van der Waals surface area contributed by atoms with Gasteiger partial charge >= 0.3 is 0 Å². The van der Waals surface area contributed by atoms with Gasteiger partial charge in [0.05, 0.1) is 9.80 Å². The lowest BCUT2D eigenvalue weighted by Crippen LogP contribution is -2.04. The number of hydrogen-bond donors (Lipinski definition) is 0. The minimum Gasteiger partial charge on any atom is -0.264 e. The van der Waals surface area contributed by atoms with Crippen molar-refractivity contribution in [2.45, 2.75) is 4.90 Å². The van der Waals surface area contributed by atoms with E-state index in [0.29, 0.717) is 11.1 Å². The molecule has 0 aliphatic heterocycles. The minimum atomic E-state index is -3.66. The average Bonchev–Trinajstić information content (AvgIpc) is 2.62. The first-order valence-corrected chi connectivity index (χ1v) is 8.48. The SMILES string of the molecule is O=S(=O)(/C(=C\c1cccnc1)c1cccnc1)c1ccccc1. The molecule has 4 nitrogen and oxygen atoms in total. The summed E-state index contributed by atoms with van der Waals surface area (Å²) in [7, 11) is -3.66. The van der Waals surface area contributed by atoms with E-state index in [1.54, 1.807) is 79.4 Å². The molecule has 0 amide bonds. The van der Waals surface area contributed by atoms with Crippen LogP contribution in [-0.2, 0) is 9.84 Å². The van der Waals surface area contributed by atoms with Crippen molar-refractivity contribution in [1.29, 1.82) is 0 Å². The molecule has 0 fully saturated rings. The number of benzene rings is 1. The van der Waals surface area contributed by atoms with Crippen LogP contribution in [0, 0.1) is 0 Å². The second-order valence-corrected chi connectivity index (χ2v) is 6.77. The van der Waals surface area contributed by atoms with Crippen LogP contribution in [0.1, 0.15) is 11.1 Å². The molecule has 0 bridgehead atoms. The summed E-state index contributed by atoms with van der Waals surface area (Å²) in [5, 5.41) is 0. The first-order chi connectivity index (χ1) is 11.2. The highest BCUT2D eigenvalue weighted by atomic mass is 32.2. The second-order valence-electron chi connectivity index (χ2n) is 4.85. The number of rotatable bonds is 4. The maximum atomic E-state index is 13.0. The van der Waals surface area contributed by atoms with Gasteiger partial charge in [-0.2, -0.15) is 0 Å². The monoisotopic (exact) mass is 322 g/mol. The highest BCUT2D eigenvalue weighted by Gasteiger charge is 2.22. The number of nitrogens with zero attached hydrogens (tertiary/aromatic N) is 2. The van der Waals surface area contributed by atoms with Crippen molar-refractivity contribution in [2.24, 2.45) is 0 Å². The van der Waals surface area contributed by atoms with E-state index in [2.05, 4.69) is 9.97 Å². The first kappa shape index (κ1) is 15.1. The van der Waals surface area contributed by atoms with E-state index in [0.717, 1.165) is 0 Å². The summed E-state index contributed by atoms with van der Waals surface area (Å²) in [6, 6.07) is 15.4. The molecule has 0 saturated heterocycles. The fraction of sp³-hybridized carbons (Fsp3) is 0. The van der Waals surface area contributed by atoms with Crippen LogP contribution in [0.3, 0.4) is 0 Å². The van der Waals surface area contributed by atoms with Crippen LogP contribution >= 0.6 is 0 Å². The van der Waals surface area contributed by atoms with E-state index >= 15 is 0 Å². The molecule has 0 atom stereocenters. The van der Waals surface area contributed by atoms with Crippen LogP contribution in [0.4, 0.5) is 0 Å².